The first kappa shape index (κ1) is 18.8. The van der Waals surface area contributed by atoms with Gasteiger partial charge in [-0.25, -0.2) is 0 Å². The van der Waals surface area contributed by atoms with Gasteiger partial charge in [-0.15, -0.1) is 24.5 Å². The van der Waals surface area contributed by atoms with Crippen LogP contribution in [0.5, 0.6) is 0 Å². The van der Waals surface area contributed by atoms with E-state index in [-0.39, 0.29) is 5.91 Å². The number of aromatic nitrogens is 4. The summed E-state index contributed by atoms with van der Waals surface area (Å²) in [7, 11) is 4.39. The molecule has 0 aliphatic carbocycles. The maximum absolute atomic E-state index is 12.7. The Bertz CT molecular complexity index is 983. The SMILES string of the molecule is COCc1cc(CC(=O)N2CCN(c3ccc4nncn4n3)CC2)ccc1P. The quantitative estimate of drug-likeness (QED) is 0.588. The van der Waals surface area contributed by atoms with Gasteiger partial charge >= 0.3 is 0 Å². The third-order valence-electron chi connectivity index (χ3n) is 4.97. The zero-order chi connectivity index (χ0) is 19.5. The van der Waals surface area contributed by atoms with Crippen molar-refractivity contribution >= 4 is 31.9 Å². The van der Waals surface area contributed by atoms with Crippen LogP contribution in [0.25, 0.3) is 5.65 Å². The van der Waals surface area contributed by atoms with E-state index in [1.165, 1.54) is 0 Å². The predicted molar refractivity (Wildman–Crippen MR) is 110 cm³/mol. The summed E-state index contributed by atoms with van der Waals surface area (Å²) in [6, 6.07) is 9.93. The number of anilines is 1. The monoisotopic (exact) mass is 398 g/mol. The standard InChI is InChI=1S/C19H23N6O2P/c1-27-12-15-10-14(2-3-16(15)28)11-19(26)24-8-6-23(7-9-24)18-5-4-17-21-20-13-25(17)22-18/h2-5,10,13H,6-9,11-12,28H2,1H3. The number of amides is 1. The minimum Gasteiger partial charge on any atom is -0.380 e. The second-order valence-corrected chi connectivity index (χ2v) is 7.46. The number of hydrogen-bond acceptors (Lipinski definition) is 6. The number of carbonyl (C=O) groups excluding carboxylic acids is 1. The molecule has 0 bridgehead atoms. The molecule has 0 radical (unpaired) electrons. The molecule has 1 amide bonds. The Labute approximate surface area is 165 Å². The molecule has 0 N–H and O–H groups in total. The molecule has 1 unspecified atom stereocenters. The normalized spacial score (nSPS) is 14.6. The first-order valence-corrected chi connectivity index (χ1v) is 9.78. The van der Waals surface area contributed by atoms with Crippen molar-refractivity contribution in [2.24, 2.45) is 0 Å². The van der Waals surface area contributed by atoms with Crippen LogP contribution < -0.4 is 10.2 Å². The number of piperazine rings is 1. The number of methoxy groups -OCH3 is 1. The molecule has 8 nitrogen and oxygen atoms in total. The van der Waals surface area contributed by atoms with Crippen molar-refractivity contribution in [2.75, 3.05) is 38.2 Å². The van der Waals surface area contributed by atoms with Gasteiger partial charge in [-0.05, 0) is 28.6 Å². The number of nitrogens with zero attached hydrogens (tertiary/aromatic N) is 6. The maximum atomic E-state index is 12.7. The van der Waals surface area contributed by atoms with Crippen LogP contribution in [0.4, 0.5) is 5.82 Å². The van der Waals surface area contributed by atoms with Crippen LogP contribution >= 0.6 is 9.24 Å². The Morgan fingerprint density at radius 3 is 2.79 bits per heavy atom. The first-order valence-electron chi connectivity index (χ1n) is 9.20. The van der Waals surface area contributed by atoms with E-state index < -0.39 is 0 Å². The van der Waals surface area contributed by atoms with Gasteiger partial charge in [0.2, 0.25) is 5.91 Å². The van der Waals surface area contributed by atoms with E-state index in [9.17, 15) is 4.79 Å². The summed E-state index contributed by atoms with van der Waals surface area (Å²) >= 11 is 0. The second-order valence-electron chi connectivity index (χ2n) is 6.84. The Hall–Kier alpha value is -2.57. The van der Waals surface area contributed by atoms with E-state index >= 15 is 0 Å². The lowest BCUT2D eigenvalue weighted by molar-refractivity contribution is -0.130. The highest BCUT2D eigenvalue weighted by Crippen LogP contribution is 2.15. The lowest BCUT2D eigenvalue weighted by Gasteiger charge is -2.35. The number of fused-ring (bicyclic) bond motifs is 1. The largest absolute Gasteiger partial charge is 0.380 e. The Balaban J connectivity index is 1.36. The van der Waals surface area contributed by atoms with Crippen LogP contribution in [0.1, 0.15) is 11.1 Å². The summed E-state index contributed by atoms with van der Waals surface area (Å²) in [4.78, 5) is 16.9. The molecule has 1 aliphatic heterocycles. The molecule has 1 fully saturated rings. The summed E-state index contributed by atoms with van der Waals surface area (Å²) in [5, 5.41) is 13.5. The fraction of sp³-hybridized carbons (Fsp3) is 0.368. The minimum atomic E-state index is 0.154. The van der Waals surface area contributed by atoms with Crippen molar-refractivity contribution in [2.45, 2.75) is 13.0 Å². The molecule has 1 saturated heterocycles. The lowest BCUT2D eigenvalue weighted by Crippen LogP contribution is -2.49. The average molecular weight is 398 g/mol. The zero-order valence-corrected chi connectivity index (χ0v) is 16.9. The van der Waals surface area contributed by atoms with Crippen molar-refractivity contribution < 1.29 is 9.53 Å². The topological polar surface area (TPSA) is 75.9 Å². The fourth-order valence-electron chi connectivity index (χ4n) is 3.41. The fourth-order valence-corrected chi connectivity index (χ4v) is 3.67. The van der Waals surface area contributed by atoms with Crippen LogP contribution in [0.15, 0.2) is 36.7 Å². The number of hydrogen-bond donors (Lipinski definition) is 0. The smallest absolute Gasteiger partial charge is 0.227 e. The van der Waals surface area contributed by atoms with Crippen molar-refractivity contribution in [1.82, 2.24) is 24.7 Å². The van der Waals surface area contributed by atoms with Gasteiger partial charge in [0.25, 0.3) is 0 Å². The van der Waals surface area contributed by atoms with Gasteiger partial charge in [-0.3, -0.25) is 4.79 Å². The third kappa shape index (κ3) is 3.98. The highest BCUT2D eigenvalue weighted by atomic mass is 31.0. The second kappa shape index (κ2) is 8.20. The van der Waals surface area contributed by atoms with Crippen molar-refractivity contribution in [1.29, 1.82) is 0 Å². The van der Waals surface area contributed by atoms with Gasteiger partial charge in [0.05, 0.1) is 13.0 Å². The van der Waals surface area contributed by atoms with E-state index in [0.29, 0.717) is 26.1 Å². The maximum Gasteiger partial charge on any atom is 0.227 e. The Morgan fingerprint density at radius 2 is 2.00 bits per heavy atom. The number of benzene rings is 1. The van der Waals surface area contributed by atoms with Gasteiger partial charge < -0.3 is 14.5 Å². The van der Waals surface area contributed by atoms with E-state index in [2.05, 4.69) is 35.5 Å². The zero-order valence-electron chi connectivity index (χ0n) is 15.8. The summed E-state index contributed by atoms with van der Waals surface area (Å²) in [6.07, 6.45) is 2.00. The highest BCUT2D eigenvalue weighted by molar-refractivity contribution is 7.27. The first-order chi connectivity index (χ1) is 13.6. The van der Waals surface area contributed by atoms with E-state index in [1.54, 1.807) is 18.0 Å². The molecule has 1 aromatic carbocycles. The number of carbonyl (C=O) groups is 1. The van der Waals surface area contributed by atoms with Crippen molar-refractivity contribution in [3.05, 3.63) is 47.8 Å². The molecule has 1 aliphatic rings. The summed E-state index contributed by atoms with van der Waals surface area (Å²) in [5.74, 6) is 1.03. The molecule has 0 saturated carbocycles. The molecule has 4 rings (SSSR count). The van der Waals surface area contributed by atoms with Crippen molar-refractivity contribution in [3.63, 3.8) is 0 Å². The molecular weight excluding hydrogens is 375 g/mol. The number of rotatable bonds is 5. The molecule has 3 heterocycles. The van der Waals surface area contributed by atoms with Crippen LogP contribution in [0, 0.1) is 0 Å². The summed E-state index contributed by atoms with van der Waals surface area (Å²) in [6.45, 7) is 3.43. The summed E-state index contributed by atoms with van der Waals surface area (Å²) < 4.78 is 6.90. The van der Waals surface area contributed by atoms with Gasteiger partial charge in [0.15, 0.2) is 5.65 Å². The highest BCUT2D eigenvalue weighted by Gasteiger charge is 2.22. The Kier molecular flexibility index (Phi) is 5.50. The Morgan fingerprint density at radius 1 is 1.18 bits per heavy atom. The average Bonchev–Trinajstić information content (AvgIpc) is 3.18. The van der Waals surface area contributed by atoms with Gasteiger partial charge in [-0.2, -0.15) is 4.52 Å². The number of ether oxygens (including phenoxy) is 1. The van der Waals surface area contributed by atoms with Gasteiger partial charge in [0, 0.05) is 33.3 Å². The van der Waals surface area contributed by atoms with Gasteiger partial charge in [0.1, 0.15) is 12.1 Å². The van der Waals surface area contributed by atoms with Crippen molar-refractivity contribution in [3.8, 4) is 0 Å². The third-order valence-corrected chi connectivity index (χ3v) is 5.53. The van der Waals surface area contributed by atoms with Gasteiger partial charge in [-0.1, -0.05) is 18.2 Å². The molecule has 146 valence electrons. The van der Waals surface area contributed by atoms with Crippen LogP contribution in [-0.4, -0.2) is 63.9 Å². The van der Waals surface area contributed by atoms with Crippen LogP contribution in [0.2, 0.25) is 0 Å². The predicted octanol–water partition coefficient (Wildman–Crippen LogP) is 0.662. The summed E-state index contributed by atoms with van der Waals surface area (Å²) in [5.41, 5.74) is 2.84. The molecule has 28 heavy (non-hydrogen) atoms. The molecule has 3 aromatic rings. The molecule has 0 spiro atoms. The molecule has 1 atom stereocenters. The van der Waals surface area contributed by atoms with E-state index in [4.69, 9.17) is 4.74 Å². The van der Waals surface area contributed by atoms with E-state index in [1.807, 2.05) is 29.2 Å². The lowest BCUT2D eigenvalue weighted by atomic mass is 10.1. The van der Waals surface area contributed by atoms with Crippen LogP contribution in [-0.2, 0) is 22.6 Å². The van der Waals surface area contributed by atoms with E-state index in [0.717, 1.165) is 41.0 Å². The molecule has 9 heteroatoms. The molecule has 2 aromatic heterocycles. The van der Waals surface area contributed by atoms with Crippen LogP contribution in [0.3, 0.4) is 0 Å². The minimum absolute atomic E-state index is 0.154. The molecular formula is C19H23N6O2P.